The van der Waals surface area contributed by atoms with Gasteiger partial charge in [0.05, 0.1) is 6.10 Å². The fourth-order valence-corrected chi connectivity index (χ4v) is 3.65. The lowest BCUT2D eigenvalue weighted by Crippen LogP contribution is -2.39. The lowest BCUT2D eigenvalue weighted by Gasteiger charge is -2.32. The van der Waals surface area contributed by atoms with Crippen molar-refractivity contribution in [3.05, 3.63) is 60.4 Å². The highest BCUT2D eigenvalue weighted by Crippen LogP contribution is 2.16. The average molecular weight is 398 g/mol. The van der Waals surface area contributed by atoms with Crippen LogP contribution in [0.2, 0.25) is 0 Å². The summed E-state index contributed by atoms with van der Waals surface area (Å²) in [4.78, 5) is 6.80. The maximum absolute atomic E-state index is 6.10. The normalized spacial score (nSPS) is 16.1. The van der Waals surface area contributed by atoms with E-state index >= 15 is 0 Å². The molecule has 1 aromatic heterocycles. The van der Waals surface area contributed by atoms with Crippen LogP contribution in [0.15, 0.2) is 59.9 Å². The van der Waals surface area contributed by atoms with E-state index in [1.54, 1.807) is 0 Å². The van der Waals surface area contributed by atoms with Crippen LogP contribution in [0.3, 0.4) is 0 Å². The summed E-state index contributed by atoms with van der Waals surface area (Å²) in [6.45, 7) is 6.75. The smallest absolute Gasteiger partial charge is 0.191 e. The number of rotatable bonds is 10. The number of piperidine rings is 1. The molecule has 6 heteroatoms. The predicted molar refractivity (Wildman–Crippen MR) is 119 cm³/mol. The molecule has 1 aliphatic rings. The summed E-state index contributed by atoms with van der Waals surface area (Å²) in [5.41, 5.74) is 1.40. The molecular formula is C23H35N5O. The highest BCUT2D eigenvalue weighted by atomic mass is 16.5. The largest absolute Gasteiger partial charge is 0.378 e. The summed E-state index contributed by atoms with van der Waals surface area (Å²) in [6.07, 6.45) is 7.79. The van der Waals surface area contributed by atoms with Gasteiger partial charge in [0, 0.05) is 65.3 Å². The second-order valence-corrected chi connectivity index (χ2v) is 7.53. The molecule has 6 nitrogen and oxygen atoms in total. The Bertz CT molecular complexity index is 693. The molecule has 0 radical (unpaired) electrons. The van der Waals surface area contributed by atoms with Gasteiger partial charge >= 0.3 is 0 Å². The first-order valence-electron chi connectivity index (χ1n) is 10.8. The topological polar surface area (TPSA) is 53.8 Å². The first kappa shape index (κ1) is 21.4. The average Bonchev–Trinajstić information content (AvgIpc) is 3.28. The molecule has 0 aliphatic carbocycles. The highest BCUT2D eigenvalue weighted by Gasteiger charge is 2.19. The Labute approximate surface area is 175 Å². The summed E-state index contributed by atoms with van der Waals surface area (Å²) < 4.78 is 8.25. The number of nitrogens with zero attached hydrogens (tertiary/aromatic N) is 3. The highest BCUT2D eigenvalue weighted by molar-refractivity contribution is 5.79. The third-order valence-corrected chi connectivity index (χ3v) is 5.30. The Morgan fingerprint density at radius 3 is 2.48 bits per heavy atom. The number of likely N-dealkylation sites (tertiary alicyclic amines) is 1. The Balaban J connectivity index is 1.21. The first-order valence-corrected chi connectivity index (χ1v) is 10.8. The van der Waals surface area contributed by atoms with Crippen molar-refractivity contribution in [1.29, 1.82) is 0 Å². The van der Waals surface area contributed by atoms with E-state index in [4.69, 9.17) is 4.74 Å². The first-order chi connectivity index (χ1) is 14.3. The molecule has 158 valence electrons. The molecule has 1 aliphatic heterocycles. The summed E-state index contributed by atoms with van der Waals surface area (Å²) in [5, 5.41) is 6.71. The number of benzene rings is 1. The second kappa shape index (κ2) is 12.3. The molecule has 0 spiro atoms. The van der Waals surface area contributed by atoms with Crippen molar-refractivity contribution in [3.63, 3.8) is 0 Å². The van der Waals surface area contributed by atoms with Crippen molar-refractivity contribution < 1.29 is 4.74 Å². The van der Waals surface area contributed by atoms with Gasteiger partial charge in [0.1, 0.15) is 0 Å². The van der Waals surface area contributed by atoms with Gasteiger partial charge in [-0.05, 0) is 37.0 Å². The van der Waals surface area contributed by atoms with E-state index in [1.807, 2.05) is 19.2 Å². The number of guanidine groups is 1. The van der Waals surface area contributed by atoms with Crippen LogP contribution in [0.4, 0.5) is 0 Å². The van der Waals surface area contributed by atoms with Gasteiger partial charge in [-0.3, -0.25) is 9.89 Å². The van der Waals surface area contributed by atoms with Gasteiger partial charge in [0.2, 0.25) is 0 Å². The summed E-state index contributed by atoms with van der Waals surface area (Å²) >= 11 is 0. The van der Waals surface area contributed by atoms with Crippen LogP contribution in [-0.4, -0.2) is 61.4 Å². The Kier molecular flexibility index (Phi) is 9.07. The molecular weight excluding hydrogens is 362 g/mol. The van der Waals surface area contributed by atoms with Crippen LogP contribution in [0.1, 0.15) is 24.8 Å². The molecule has 1 saturated heterocycles. The van der Waals surface area contributed by atoms with Crippen molar-refractivity contribution >= 4 is 5.96 Å². The number of nitrogens with one attached hydrogen (secondary N) is 2. The van der Waals surface area contributed by atoms with Crippen molar-refractivity contribution in [2.24, 2.45) is 4.99 Å². The zero-order valence-corrected chi connectivity index (χ0v) is 17.6. The predicted octanol–water partition coefficient (Wildman–Crippen LogP) is 2.72. The molecule has 2 heterocycles. The van der Waals surface area contributed by atoms with Crippen LogP contribution >= 0.6 is 0 Å². The quantitative estimate of drug-likeness (QED) is 0.368. The number of aromatic nitrogens is 1. The third-order valence-electron chi connectivity index (χ3n) is 5.30. The molecule has 0 amide bonds. The van der Waals surface area contributed by atoms with Crippen LogP contribution in [0, 0.1) is 0 Å². The summed E-state index contributed by atoms with van der Waals surface area (Å²) in [7, 11) is 1.81. The summed E-state index contributed by atoms with van der Waals surface area (Å²) in [5.74, 6) is 0.853. The molecule has 1 fully saturated rings. The zero-order chi connectivity index (χ0) is 20.2. The van der Waals surface area contributed by atoms with Crippen LogP contribution < -0.4 is 10.6 Å². The van der Waals surface area contributed by atoms with Crippen LogP contribution in [0.25, 0.3) is 0 Å². The summed E-state index contributed by atoms with van der Waals surface area (Å²) in [6, 6.07) is 14.8. The Morgan fingerprint density at radius 2 is 1.76 bits per heavy atom. The van der Waals surface area contributed by atoms with Crippen LogP contribution in [-0.2, 0) is 17.8 Å². The molecule has 2 aromatic rings. The van der Waals surface area contributed by atoms with E-state index in [0.29, 0.717) is 6.10 Å². The lowest BCUT2D eigenvalue weighted by atomic mass is 10.1. The van der Waals surface area contributed by atoms with Gasteiger partial charge < -0.3 is 19.9 Å². The van der Waals surface area contributed by atoms with E-state index in [2.05, 4.69) is 67.8 Å². The minimum atomic E-state index is 0.404. The Morgan fingerprint density at radius 1 is 1.03 bits per heavy atom. The molecule has 2 N–H and O–H groups in total. The van der Waals surface area contributed by atoms with Crippen molar-refractivity contribution in [3.8, 4) is 0 Å². The van der Waals surface area contributed by atoms with Gasteiger partial charge in [-0.2, -0.15) is 0 Å². The molecule has 0 unspecified atom stereocenters. The number of hydrogen-bond donors (Lipinski definition) is 2. The zero-order valence-electron chi connectivity index (χ0n) is 17.6. The van der Waals surface area contributed by atoms with Crippen molar-refractivity contribution in [2.45, 2.75) is 38.5 Å². The number of ether oxygens (including phenoxy) is 1. The van der Waals surface area contributed by atoms with Crippen LogP contribution in [0.5, 0.6) is 0 Å². The fourth-order valence-electron chi connectivity index (χ4n) is 3.65. The molecule has 0 atom stereocenters. The minimum Gasteiger partial charge on any atom is -0.378 e. The van der Waals surface area contributed by atoms with E-state index in [1.165, 1.54) is 5.56 Å². The van der Waals surface area contributed by atoms with E-state index in [0.717, 1.165) is 71.1 Å². The maximum Gasteiger partial charge on any atom is 0.191 e. The SMILES string of the molecule is CN=C(NCCCOC1CCN(Cc2ccccc2)CC1)NCCn1cccc1. The van der Waals surface area contributed by atoms with Gasteiger partial charge in [-0.15, -0.1) is 0 Å². The number of aliphatic imine (C=N–C) groups is 1. The number of hydrogen-bond acceptors (Lipinski definition) is 3. The standard InChI is InChI=1S/C23H35N5O/c1-24-23(26-13-18-27-14-5-6-15-27)25-12-7-19-29-22-10-16-28(17-11-22)20-21-8-3-2-4-9-21/h2-6,8-9,14-15,22H,7,10-13,16-20H2,1H3,(H2,24,25,26). The van der Waals surface area contributed by atoms with Gasteiger partial charge in [-0.25, -0.2) is 0 Å². The van der Waals surface area contributed by atoms with Crippen molar-refractivity contribution in [2.75, 3.05) is 39.8 Å². The molecule has 0 bridgehead atoms. The van der Waals surface area contributed by atoms with Crippen molar-refractivity contribution in [1.82, 2.24) is 20.1 Å². The van der Waals surface area contributed by atoms with E-state index in [-0.39, 0.29) is 0 Å². The van der Waals surface area contributed by atoms with E-state index in [9.17, 15) is 0 Å². The third kappa shape index (κ3) is 7.91. The second-order valence-electron chi connectivity index (χ2n) is 7.53. The monoisotopic (exact) mass is 397 g/mol. The Hall–Kier alpha value is -2.31. The molecule has 0 saturated carbocycles. The van der Waals surface area contributed by atoms with Gasteiger partial charge in [0.15, 0.2) is 5.96 Å². The maximum atomic E-state index is 6.10. The minimum absolute atomic E-state index is 0.404. The lowest BCUT2D eigenvalue weighted by molar-refractivity contribution is 0.00534. The fraction of sp³-hybridized carbons (Fsp3) is 0.522. The molecule has 1 aromatic carbocycles. The van der Waals surface area contributed by atoms with Gasteiger partial charge in [-0.1, -0.05) is 30.3 Å². The van der Waals surface area contributed by atoms with E-state index < -0.39 is 0 Å². The van der Waals surface area contributed by atoms with Gasteiger partial charge in [0.25, 0.3) is 0 Å². The molecule has 3 rings (SSSR count). The molecule has 29 heavy (non-hydrogen) atoms.